The molecule has 24 heavy (non-hydrogen) atoms. The molecule has 12 heteroatoms. The first kappa shape index (κ1) is 16.8. The molecule has 0 radical (unpaired) electrons. The van der Waals surface area contributed by atoms with E-state index >= 15 is 0 Å². The fourth-order valence-corrected chi connectivity index (χ4v) is 4.79. The van der Waals surface area contributed by atoms with Crippen LogP contribution in [0.1, 0.15) is 13.0 Å². The molecule has 10 nitrogen and oxygen atoms in total. The molecule has 0 spiro atoms. The number of H-pyrrole nitrogens is 1. The van der Waals surface area contributed by atoms with E-state index in [-0.39, 0.29) is 40.1 Å². The zero-order valence-corrected chi connectivity index (χ0v) is 14.2. The fraction of sp³-hybridized carbons (Fsp3) is 0.500. The Hall–Kier alpha value is -2.08. The maximum atomic E-state index is 12.6. The lowest BCUT2D eigenvalue weighted by Gasteiger charge is -2.28. The van der Waals surface area contributed by atoms with Crippen LogP contribution < -0.4 is 11.2 Å². The molecule has 1 saturated heterocycles. The molecule has 0 atom stereocenters. The zero-order chi connectivity index (χ0) is 17.6. The van der Waals surface area contributed by atoms with Crippen molar-refractivity contribution in [3.8, 4) is 0 Å². The number of carboxylic acid groups (broad SMARTS) is 1. The largest absolute Gasteiger partial charge is 0.481 e. The van der Waals surface area contributed by atoms with Gasteiger partial charge < -0.3 is 9.67 Å². The second kappa shape index (κ2) is 5.77. The maximum Gasteiger partial charge on any atom is 0.330 e. The monoisotopic (exact) mass is 374 g/mol. The number of nitrogens with zero attached hydrogens (tertiary/aromatic N) is 3. The summed E-state index contributed by atoms with van der Waals surface area (Å²) in [6.45, 7) is 1.78. The van der Waals surface area contributed by atoms with Gasteiger partial charge in [0.25, 0.3) is 5.56 Å². The molecular formula is C12H14N4O6S2. The number of thioether (sulfide) groups is 1. The SMILES string of the molecule is CCn1c(=O)[nH]c2nc(SCC(=O)O)n(C3CS(=O)(=O)C3)c2c1=O. The Morgan fingerprint density at radius 3 is 2.62 bits per heavy atom. The molecule has 1 fully saturated rings. The second-order valence-corrected chi connectivity index (χ2v) is 8.45. The van der Waals surface area contributed by atoms with E-state index in [1.165, 1.54) is 4.57 Å². The van der Waals surface area contributed by atoms with Crippen LogP contribution in [0, 0.1) is 0 Å². The summed E-state index contributed by atoms with van der Waals surface area (Å²) in [6.07, 6.45) is 0. The summed E-state index contributed by atoms with van der Waals surface area (Å²) in [6, 6.07) is -0.500. The third kappa shape index (κ3) is 2.75. The van der Waals surface area contributed by atoms with Gasteiger partial charge in [-0.15, -0.1) is 0 Å². The lowest BCUT2D eigenvalue weighted by Crippen LogP contribution is -2.41. The van der Waals surface area contributed by atoms with E-state index in [1.54, 1.807) is 6.92 Å². The van der Waals surface area contributed by atoms with E-state index in [9.17, 15) is 22.8 Å². The van der Waals surface area contributed by atoms with Gasteiger partial charge in [0.2, 0.25) is 0 Å². The Labute approximate surface area is 139 Å². The van der Waals surface area contributed by atoms with Crippen molar-refractivity contribution in [1.29, 1.82) is 0 Å². The standard InChI is InChI=1S/C12H14N4O6S2/c1-2-15-10(19)8-9(13-11(15)20)14-12(23-3-7(17)18)16(8)6-4-24(21,22)5-6/h6H,2-5H2,1H3,(H,13,20)(H,17,18). The predicted molar refractivity (Wildman–Crippen MR) is 86.3 cm³/mol. The van der Waals surface area contributed by atoms with E-state index in [1.807, 2.05) is 0 Å². The first-order valence-electron chi connectivity index (χ1n) is 7.03. The zero-order valence-electron chi connectivity index (χ0n) is 12.6. The quantitative estimate of drug-likeness (QED) is 0.638. The summed E-state index contributed by atoms with van der Waals surface area (Å²) < 4.78 is 25.4. The van der Waals surface area contributed by atoms with Gasteiger partial charge in [0.05, 0.1) is 23.3 Å². The number of sulfone groups is 1. The Morgan fingerprint density at radius 2 is 2.08 bits per heavy atom. The number of hydrogen-bond donors (Lipinski definition) is 2. The highest BCUT2D eigenvalue weighted by Crippen LogP contribution is 2.31. The number of rotatable bonds is 5. The summed E-state index contributed by atoms with van der Waals surface area (Å²) >= 11 is 0.874. The van der Waals surface area contributed by atoms with Crippen molar-refractivity contribution in [1.82, 2.24) is 19.1 Å². The summed E-state index contributed by atoms with van der Waals surface area (Å²) in [4.78, 5) is 41.9. The predicted octanol–water partition coefficient (Wildman–Crippen LogP) is -0.948. The molecule has 0 unspecified atom stereocenters. The third-order valence-corrected chi connectivity index (χ3v) is 6.42. The number of aliphatic carboxylic acids is 1. The fourth-order valence-electron chi connectivity index (χ4n) is 2.63. The Morgan fingerprint density at radius 1 is 1.42 bits per heavy atom. The first-order chi connectivity index (χ1) is 11.2. The smallest absolute Gasteiger partial charge is 0.330 e. The average Bonchev–Trinajstić information content (AvgIpc) is 2.81. The normalized spacial score (nSPS) is 17.0. The highest BCUT2D eigenvalue weighted by molar-refractivity contribution is 7.99. The van der Waals surface area contributed by atoms with Crippen LogP contribution in [-0.2, 0) is 21.2 Å². The molecule has 130 valence electrons. The molecular weight excluding hydrogens is 360 g/mol. The van der Waals surface area contributed by atoms with Crippen LogP contribution >= 0.6 is 11.8 Å². The highest BCUT2D eigenvalue weighted by atomic mass is 32.2. The lowest BCUT2D eigenvalue weighted by molar-refractivity contribution is -0.133. The Kier molecular flexibility index (Phi) is 4.03. The number of carboxylic acids is 1. The minimum Gasteiger partial charge on any atom is -0.481 e. The van der Waals surface area contributed by atoms with E-state index in [2.05, 4.69) is 9.97 Å². The molecule has 1 aliphatic heterocycles. The van der Waals surface area contributed by atoms with Gasteiger partial charge in [0.15, 0.2) is 26.2 Å². The van der Waals surface area contributed by atoms with Gasteiger partial charge >= 0.3 is 11.7 Å². The minimum atomic E-state index is -3.17. The van der Waals surface area contributed by atoms with Gasteiger partial charge in [-0.25, -0.2) is 18.2 Å². The van der Waals surface area contributed by atoms with Crippen molar-refractivity contribution in [2.45, 2.75) is 24.7 Å². The van der Waals surface area contributed by atoms with Crippen molar-refractivity contribution in [3.05, 3.63) is 20.8 Å². The third-order valence-electron chi connectivity index (χ3n) is 3.70. The number of aromatic amines is 1. The molecule has 0 amide bonds. The van der Waals surface area contributed by atoms with Crippen LogP contribution in [0.3, 0.4) is 0 Å². The Bertz CT molecular complexity index is 1040. The van der Waals surface area contributed by atoms with Gasteiger partial charge in [-0.2, -0.15) is 0 Å². The topological polar surface area (TPSA) is 144 Å². The van der Waals surface area contributed by atoms with Crippen LogP contribution in [0.5, 0.6) is 0 Å². The van der Waals surface area contributed by atoms with Crippen molar-refractivity contribution in [3.63, 3.8) is 0 Å². The van der Waals surface area contributed by atoms with Crippen LogP contribution in [0.25, 0.3) is 11.2 Å². The van der Waals surface area contributed by atoms with Gasteiger partial charge in [-0.1, -0.05) is 11.8 Å². The molecule has 1 aliphatic rings. The minimum absolute atomic E-state index is 0.0342. The molecule has 2 N–H and O–H groups in total. The number of hydrogen-bond acceptors (Lipinski definition) is 7. The molecule has 0 bridgehead atoms. The summed E-state index contributed by atoms with van der Waals surface area (Å²) in [5, 5.41) is 9.04. The lowest BCUT2D eigenvalue weighted by atomic mass is 10.3. The van der Waals surface area contributed by atoms with Crippen LogP contribution in [0.4, 0.5) is 0 Å². The second-order valence-electron chi connectivity index (χ2n) is 5.35. The molecule has 2 aromatic rings. The van der Waals surface area contributed by atoms with Crippen molar-refractivity contribution < 1.29 is 18.3 Å². The van der Waals surface area contributed by atoms with Crippen LogP contribution in [-0.4, -0.2) is 55.9 Å². The van der Waals surface area contributed by atoms with E-state index in [4.69, 9.17) is 5.11 Å². The number of aromatic nitrogens is 4. The van der Waals surface area contributed by atoms with Crippen molar-refractivity contribution in [2.75, 3.05) is 17.3 Å². The summed E-state index contributed by atoms with van der Waals surface area (Å²) in [7, 11) is -3.17. The maximum absolute atomic E-state index is 12.6. The highest BCUT2D eigenvalue weighted by Gasteiger charge is 2.38. The van der Waals surface area contributed by atoms with Crippen LogP contribution in [0.2, 0.25) is 0 Å². The number of fused-ring (bicyclic) bond motifs is 1. The molecule has 3 rings (SSSR count). The molecule has 2 aromatic heterocycles. The summed E-state index contributed by atoms with van der Waals surface area (Å²) in [5.41, 5.74) is -1.07. The number of imidazole rings is 1. The van der Waals surface area contributed by atoms with Crippen molar-refractivity contribution >= 4 is 38.7 Å². The molecule has 0 aromatic carbocycles. The average molecular weight is 374 g/mol. The molecule has 0 aliphatic carbocycles. The van der Waals surface area contributed by atoms with Crippen LogP contribution in [0.15, 0.2) is 14.7 Å². The summed E-state index contributed by atoms with van der Waals surface area (Å²) in [5.74, 6) is -1.66. The van der Waals surface area contributed by atoms with Gasteiger partial charge in [0.1, 0.15) is 0 Å². The van der Waals surface area contributed by atoms with Crippen molar-refractivity contribution in [2.24, 2.45) is 0 Å². The van der Waals surface area contributed by atoms with Gasteiger partial charge in [-0.3, -0.25) is 19.1 Å². The van der Waals surface area contributed by atoms with E-state index in [0.29, 0.717) is 0 Å². The van der Waals surface area contributed by atoms with Gasteiger partial charge in [-0.05, 0) is 6.92 Å². The number of carbonyl (C=O) groups is 1. The van der Waals surface area contributed by atoms with E-state index in [0.717, 1.165) is 16.3 Å². The molecule has 3 heterocycles. The first-order valence-corrected chi connectivity index (χ1v) is 9.84. The molecule has 0 saturated carbocycles. The Balaban J connectivity index is 2.23. The van der Waals surface area contributed by atoms with Gasteiger partial charge in [0, 0.05) is 6.54 Å². The number of nitrogens with one attached hydrogen (secondary N) is 1. The van der Waals surface area contributed by atoms with E-state index < -0.39 is 33.1 Å².